The van der Waals surface area contributed by atoms with E-state index < -0.39 is 30.0 Å². The second-order valence-corrected chi connectivity index (χ2v) is 7.66. The zero-order valence-electron chi connectivity index (χ0n) is 14.8. The van der Waals surface area contributed by atoms with Crippen LogP contribution in [0.15, 0.2) is 24.3 Å². The summed E-state index contributed by atoms with van der Waals surface area (Å²) in [7, 11) is 0. The molecule has 0 fully saturated rings. The number of halogens is 2. The molecule has 2 aromatic carbocycles. The lowest BCUT2D eigenvalue weighted by molar-refractivity contribution is -0.121. The standard InChI is InChI=1S/C18H18FIN4O4/c1-8-6-9(20)2-3-11(8)22-14-10(16(26)27)7-12-15(13(14)19)24-18(23-12,4-5-25)17(21)28/h2-3,6-7,22-25H,4-5H2,1H3,(H2,21,28)(H,26,27). The van der Waals surface area contributed by atoms with Gasteiger partial charge in [-0.2, -0.15) is 0 Å². The molecule has 7 N–H and O–H groups in total. The Balaban J connectivity index is 2.11. The van der Waals surface area contributed by atoms with E-state index in [1.807, 2.05) is 13.0 Å². The van der Waals surface area contributed by atoms with Crippen LogP contribution < -0.4 is 21.7 Å². The molecule has 0 radical (unpaired) electrons. The minimum absolute atomic E-state index is 0.0760. The largest absolute Gasteiger partial charge is 0.478 e. The molecule has 1 atom stereocenters. The van der Waals surface area contributed by atoms with Crippen molar-refractivity contribution in [2.24, 2.45) is 5.73 Å². The highest BCUT2D eigenvalue weighted by atomic mass is 127. The summed E-state index contributed by atoms with van der Waals surface area (Å²) in [6.07, 6.45) is -0.127. The van der Waals surface area contributed by atoms with Crippen LogP contribution in [0.1, 0.15) is 22.3 Å². The fraction of sp³-hybridized carbons (Fsp3) is 0.222. The fourth-order valence-corrected chi connectivity index (χ4v) is 3.72. The maximum absolute atomic E-state index is 15.3. The minimum atomic E-state index is -1.61. The van der Waals surface area contributed by atoms with Gasteiger partial charge in [-0.15, -0.1) is 0 Å². The van der Waals surface area contributed by atoms with Gasteiger partial charge < -0.3 is 31.9 Å². The average Bonchev–Trinajstić information content (AvgIpc) is 2.99. The first-order valence-electron chi connectivity index (χ1n) is 8.28. The number of aliphatic hydroxyl groups excluding tert-OH is 1. The third-order valence-corrected chi connectivity index (χ3v) is 5.21. The average molecular weight is 500 g/mol. The number of rotatable bonds is 6. The van der Waals surface area contributed by atoms with Crippen LogP contribution in [0.3, 0.4) is 0 Å². The van der Waals surface area contributed by atoms with Crippen molar-refractivity contribution in [2.45, 2.75) is 19.0 Å². The van der Waals surface area contributed by atoms with Crippen LogP contribution in [0, 0.1) is 16.3 Å². The highest BCUT2D eigenvalue weighted by Gasteiger charge is 2.44. The van der Waals surface area contributed by atoms with Crippen LogP contribution in [0.4, 0.5) is 27.1 Å². The number of nitrogens with two attached hydrogens (primary N) is 1. The van der Waals surface area contributed by atoms with E-state index in [2.05, 4.69) is 38.5 Å². The molecule has 0 spiro atoms. The molecule has 0 saturated heterocycles. The predicted molar refractivity (Wildman–Crippen MR) is 111 cm³/mol. The molecule has 148 valence electrons. The van der Waals surface area contributed by atoms with Crippen LogP contribution >= 0.6 is 22.6 Å². The highest BCUT2D eigenvalue weighted by molar-refractivity contribution is 14.1. The van der Waals surface area contributed by atoms with Gasteiger partial charge in [-0.05, 0) is 59.3 Å². The Labute approximate surface area is 173 Å². The summed E-state index contributed by atoms with van der Waals surface area (Å²) in [6.45, 7) is 1.42. The number of amides is 1. The van der Waals surface area contributed by atoms with Crippen LogP contribution in [-0.4, -0.2) is 34.4 Å². The van der Waals surface area contributed by atoms with Gasteiger partial charge in [0.15, 0.2) is 11.5 Å². The Morgan fingerprint density at radius 3 is 2.61 bits per heavy atom. The van der Waals surface area contributed by atoms with Crippen molar-refractivity contribution in [1.29, 1.82) is 0 Å². The number of carbonyl (C=O) groups is 2. The molecule has 1 amide bonds. The van der Waals surface area contributed by atoms with E-state index in [4.69, 9.17) is 5.73 Å². The molecule has 2 aromatic rings. The van der Waals surface area contributed by atoms with Gasteiger partial charge >= 0.3 is 5.97 Å². The summed E-state index contributed by atoms with van der Waals surface area (Å²) >= 11 is 2.14. The second kappa shape index (κ2) is 7.43. The third kappa shape index (κ3) is 3.44. The van der Waals surface area contributed by atoms with Crippen molar-refractivity contribution in [1.82, 2.24) is 0 Å². The molecule has 1 heterocycles. The molecule has 10 heteroatoms. The maximum atomic E-state index is 15.3. The van der Waals surface area contributed by atoms with Crippen molar-refractivity contribution in [3.63, 3.8) is 0 Å². The van der Waals surface area contributed by atoms with E-state index in [0.29, 0.717) is 5.69 Å². The Morgan fingerprint density at radius 1 is 1.32 bits per heavy atom. The van der Waals surface area contributed by atoms with Crippen molar-refractivity contribution >= 4 is 57.2 Å². The van der Waals surface area contributed by atoms with Gasteiger partial charge in [0.2, 0.25) is 0 Å². The summed E-state index contributed by atoms with van der Waals surface area (Å²) < 4.78 is 16.3. The molecule has 0 aliphatic carbocycles. The lowest BCUT2D eigenvalue weighted by Gasteiger charge is -2.26. The number of carboxylic acid groups (broad SMARTS) is 1. The summed E-state index contributed by atoms with van der Waals surface area (Å²) in [6, 6.07) is 6.62. The van der Waals surface area contributed by atoms with Crippen molar-refractivity contribution in [3.8, 4) is 0 Å². The number of benzene rings is 2. The number of aromatic carboxylic acids is 1. The van der Waals surface area contributed by atoms with E-state index in [0.717, 1.165) is 9.13 Å². The number of carbonyl (C=O) groups excluding carboxylic acids is 1. The number of primary amides is 1. The number of hydrogen-bond acceptors (Lipinski definition) is 6. The molecule has 0 saturated carbocycles. The molecular formula is C18H18FIN4O4. The zero-order valence-corrected chi connectivity index (χ0v) is 16.9. The summed E-state index contributed by atoms with van der Waals surface area (Å²) in [5, 5.41) is 27.1. The molecule has 8 nitrogen and oxygen atoms in total. The molecule has 3 rings (SSSR count). The first-order valence-corrected chi connectivity index (χ1v) is 9.36. The predicted octanol–water partition coefficient (Wildman–Crippen LogP) is 2.58. The number of nitrogens with one attached hydrogen (secondary N) is 3. The smallest absolute Gasteiger partial charge is 0.338 e. The molecule has 1 aliphatic rings. The van der Waals surface area contributed by atoms with Gasteiger partial charge in [-0.25, -0.2) is 9.18 Å². The van der Waals surface area contributed by atoms with Crippen LogP contribution in [0.5, 0.6) is 0 Å². The number of aryl methyl sites for hydroxylation is 1. The molecule has 0 aromatic heterocycles. The minimum Gasteiger partial charge on any atom is -0.478 e. The number of hydrogen-bond donors (Lipinski definition) is 6. The summed E-state index contributed by atoms with van der Waals surface area (Å²) in [5.74, 6) is -3.06. The highest BCUT2D eigenvalue weighted by Crippen LogP contribution is 2.43. The SMILES string of the molecule is Cc1cc(I)ccc1Nc1c(C(=O)O)cc2c(c1F)NC(CCO)(C(N)=O)N2. The summed E-state index contributed by atoms with van der Waals surface area (Å²) in [5.41, 5.74) is 4.59. The first-order chi connectivity index (χ1) is 13.2. The molecule has 1 unspecified atom stereocenters. The van der Waals surface area contributed by atoms with Crippen molar-refractivity contribution < 1.29 is 24.2 Å². The van der Waals surface area contributed by atoms with Crippen LogP contribution in [0.2, 0.25) is 0 Å². The lowest BCUT2D eigenvalue weighted by atomic mass is 10.1. The Morgan fingerprint density at radius 2 is 2.04 bits per heavy atom. The molecule has 1 aliphatic heterocycles. The first kappa shape index (κ1) is 20.1. The van der Waals surface area contributed by atoms with Crippen LogP contribution in [0.25, 0.3) is 0 Å². The Kier molecular flexibility index (Phi) is 5.35. The van der Waals surface area contributed by atoms with Crippen molar-refractivity contribution in [2.75, 3.05) is 22.6 Å². The van der Waals surface area contributed by atoms with E-state index >= 15 is 4.39 Å². The second-order valence-electron chi connectivity index (χ2n) is 6.42. The van der Waals surface area contributed by atoms with Gasteiger partial charge in [0.25, 0.3) is 5.91 Å². The number of aliphatic hydroxyl groups is 1. The van der Waals surface area contributed by atoms with Gasteiger partial charge in [-0.3, -0.25) is 4.79 Å². The van der Waals surface area contributed by atoms with Gasteiger partial charge in [-0.1, -0.05) is 0 Å². The summed E-state index contributed by atoms with van der Waals surface area (Å²) in [4.78, 5) is 23.6. The molecule has 28 heavy (non-hydrogen) atoms. The van der Waals surface area contributed by atoms with E-state index in [1.165, 1.54) is 6.07 Å². The fourth-order valence-electron chi connectivity index (χ4n) is 3.08. The topological polar surface area (TPSA) is 137 Å². The van der Waals surface area contributed by atoms with Gasteiger partial charge in [0.05, 0.1) is 22.6 Å². The normalized spacial score (nSPS) is 17.4. The molecular weight excluding hydrogens is 482 g/mol. The van der Waals surface area contributed by atoms with Crippen LogP contribution in [-0.2, 0) is 4.79 Å². The maximum Gasteiger partial charge on any atom is 0.338 e. The van der Waals surface area contributed by atoms with E-state index in [1.54, 1.807) is 12.1 Å². The molecule has 0 bridgehead atoms. The van der Waals surface area contributed by atoms with Crippen molar-refractivity contribution in [3.05, 3.63) is 44.8 Å². The van der Waals surface area contributed by atoms with Gasteiger partial charge in [0, 0.05) is 22.3 Å². The lowest BCUT2D eigenvalue weighted by Crippen LogP contribution is -2.54. The van der Waals surface area contributed by atoms with E-state index in [-0.39, 0.29) is 29.0 Å². The zero-order chi connectivity index (χ0) is 20.6. The Bertz CT molecular complexity index is 985. The number of fused-ring (bicyclic) bond motifs is 1. The Hall–Kier alpha value is -2.60. The number of anilines is 4. The monoisotopic (exact) mass is 500 g/mol. The van der Waals surface area contributed by atoms with E-state index in [9.17, 15) is 19.8 Å². The third-order valence-electron chi connectivity index (χ3n) is 4.54. The quantitative estimate of drug-likeness (QED) is 0.336. The number of carboxylic acids is 1. The van der Waals surface area contributed by atoms with Gasteiger partial charge in [0.1, 0.15) is 0 Å².